The first-order valence-electron chi connectivity index (χ1n) is 21.5. The van der Waals surface area contributed by atoms with Crippen molar-refractivity contribution >= 4 is 31.5 Å². The van der Waals surface area contributed by atoms with Crippen LogP contribution in [0.15, 0.2) is 194 Å². The molecular formula is C52H33N3S. The largest absolute Gasteiger partial charge is 0.208 e. The number of thiophene rings is 1. The fraction of sp³-hybridized carbons (Fsp3) is 0.0192. The molecule has 1 aliphatic carbocycles. The molecule has 3 nitrogen and oxygen atoms in total. The van der Waals surface area contributed by atoms with E-state index >= 15 is 0 Å². The zero-order valence-electron chi connectivity index (χ0n) is 35.8. The van der Waals surface area contributed by atoms with Crippen molar-refractivity contribution in [2.75, 3.05) is 0 Å². The maximum atomic E-state index is 9.68. The van der Waals surface area contributed by atoms with Crippen molar-refractivity contribution in [1.29, 1.82) is 0 Å². The fourth-order valence-corrected chi connectivity index (χ4v) is 9.11. The van der Waals surface area contributed by atoms with Crippen LogP contribution in [0.4, 0.5) is 0 Å². The van der Waals surface area contributed by atoms with Crippen molar-refractivity contribution in [2.45, 2.75) is 5.92 Å². The van der Waals surface area contributed by atoms with Crippen LogP contribution in [0, 0.1) is 0 Å². The molecule has 0 aliphatic heterocycles. The highest BCUT2D eigenvalue weighted by atomic mass is 32.1. The van der Waals surface area contributed by atoms with E-state index in [1.165, 1.54) is 17.4 Å². The van der Waals surface area contributed by atoms with E-state index in [1.807, 2.05) is 97.1 Å². The van der Waals surface area contributed by atoms with Gasteiger partial charge < -0.3 is 0 Å². The molecule has 0 N–H and O–H groups in total. The number of hydrogen-bond acceptors (Lipinski definition) is 4. The van der Waals surface area contributed by atoms with Crippen LogP contribution in [-0.4, -0.2) is 15.0 Å². The fourth-order valence-electron chi connectivity index (χ4n) is 8.01. The summed E-state index contributed by atoms with van der Waals surface area (Å²) in [6.07, 6.45) is 0. The Labute approximate surface area is 337 Å². The van der Waals surface area contributed by atoms with E-state index in [9.17, 15) is 4.11 Å². The van der Waals surface area contributed by atoms with E-state index in [1.54, 1.807) is 0 Å². The third kappa shape index (κ3) is 5.45. The first-order chi connectivity index (χ1) is 30.2. The number of rotatable bonds is 6. The minimum Gasteiger partial charge on any atom is -0.208 e. The highest BCUT2D eigenvalue weighted by Gasteiger charge is 2.32. The molecule has 1 aliphatic rings. The summed E-state index contributed by atoms with van der Waals surface area (Å²) in [6.45, 7) is 0. The Hall–Kier alpha value is -7.01. The monoisotopic (exact) mass is 737 g/mol. The first-order valence-corrected chi connectivity index (χ1v) is 19.3. The maximum Gasteiger partial charge on any atom is 0.164 e. The number of fused-ring (bicyclic) bond motifs is 6. The van der Waals surface area contributed by atoms with Crippen LogP contribution < -0.4 is 0 Å². The van der Waals surface area contributed by atoms with Crippen LogP contribution in [0.25, 0.3) is 87.7 Å². The molecule has 1 unspecified atom stereocenters. The van der Waals surface area contributed by atoms with Crippen molar-refractivity contribution in [2.24, 2.45) is 0 Å². The molecular weight excluding hydrogens is 699 g/mol. The van der Waals surface area contributed by atoms with Crippen LogP contribution in [-0.2, 0) is 0 Å². The van der Waals surface area contributed by atoms with Gasteiger partial charge in [-0.2, -0.15) is 0 Å². The summed E-state index contributed by atoms with van der Waals surface area (Å²) in [7, 11) is 0. The van der Waals surface area contributed by atoms with Crippen molar-refractivity contribution < 1.29 is 8.22 Å². The normalized spacial score (nSPS) is 14.7. The lowest BCUT2D eigenvalue weighted by molar-refractivity contribution is 1.02. The number of benzene rings is 8. The Morgan fingerprint density at radius 1 is 0.393 bits per heavy atom. The second-order valence-corrected chi connectivity index (χ2v) is 14.9. The molecule has 4 heteroatoms. The van der Waals surface area contributed by atoms with E-state index < -0.39 is 0 Å². The van der Waals surface area contributed by atoms with Gasteiger partial charge in [0.1, 0.15) is 0 Å². The highest BCUT2D eigenvalue weighted by Crippen LogP contribution is 2.52. The van der Waals surface area contributed by atoms with Gasteiger partial charge in [-0.05, 0) is 68.2 Å². The van der Waals surface area contributed by atoms with Crippen molar-refractivity contribution in [3.8, 4) is 67.5 Å². The number of aromatic nitrogens is 3. The van der Waals surface area contributed by atoms with Crippen LogP contribution >= 0.6 is 11.3 Å². The molecule has 1 atom stereocenters. The van der Waals surface area contributed by atoms with Gasteiger partial charge in [0, 0.05) is 42.8 Å². The molecule has 11 rings (SSSR count). The summed E-state index contributed by atoms with van der Waals surface area (Å²) in [5.74, 6) is 1.14. The van der Waals surface area contributed by atoms with E-state index in [2.05, 4.69) is 54.6 Å². The lowest BCUT2D eigenvalue weighted by atomic mass is 9.82. The van der Waals surface area contributed by atoms with Gasteiger partial charge in [-0.15, -0.1) is 11.3 Å². The summed E-state index contributed by atoms with van der Waals surface area (Å²) >= 11 is 1.24. The topological polar surface area (TPSA) is 38.7 Å². The molecule has 8 aromatic carbocycles. The third-order valence-corrected chi connectivity index (χ3v) is 11.7. The Balaban J connectivity index is 1.24. The molecule has 0 spiro atoms. The van der Waals surface area contributed by atoms with Crippen LogP contribution in [0.2, 0.25) is 0 Å². The van der Waals surface area contributed by atoms with Gasteiger partial charge in [-0.25, -0.2) is 15.0 Å². The molecule has 0 bridgehead atoms. The highest BCUT2D eigenvalue weighted by molar-refractivity contribution is 7.26. The van der Waals surface area contributed by atoms with E-state index in [0.29, 0.717) is 54.3 Å². The quantitative estimate of drug-likeness (QED) is 0.171. The van der Waals surface area contributed by atoms with E-state index in [0.717, 1.165) is 50.1 Å². The molecule has 56 heavy (non-hydrogen) atoms. The average Bonchev–Trinajstić information content (AvgIpc) is 3.88. The Bertz CT molecular complexity index is 3370. The number of hydrogen-bond donors (Lipinski definition) is 0. The van der Waals surface area contributed by atoms with Crippen molar-refractivity contribution in [1.82, 2.24) is 15.0 Å². The maximum absolute atomic E-state index is 9.68. The van der Waals surface area contributed by atoms with E-state index in [-0.39, 0.29) is 42.2 Å². The third-order valence-electron chi connectivity index (χ3n) is 10.6. The number of nitrogens with zero attached hydrogens (tertiary/aromatic N) is 3. The summed E-state index contributed by atoms with van der Waals surface area (Å²) in [6, 6.07) is 51.5. The van der Waals surface area contributed by atoms with Gasteiger partial charge in [0.2, 0.25) is 0 Å². The van der Waals surface area contributed by atoms with Gasteiger partial charge in [-0.1, -0.05) is 176 Å². The Morgan fingerprint density at radius 3 is 1.71 bits per heavy atom. The molecule has 0 saturated heterocycles. The summed E-state index contributed by atoms with van der Waals surface area (Å²) in [4.78, 5) is 15.0. The van der Waals surface area contributed by atoms with Gasteiger partial charge in [-0.3, -0.25) is 0 Å². The predicted octanol–water partition coefficient (Wildman–Crippen LogP) is 13.7. The summed E-state index contributed by atoms with van der Waals surface area (Å²) in [5, 5.41) is 0.600. The molecule has 10 aromatic rings. The standard InChI is InChI=1S/C52H33N3S/c1-4-15-33(16-5-1)36-27-29-39-38-21-10-11-23-41(38)48(46(39)31-36)42-30-28-37(32-45(42)44-25-14-24-43-40-22-12-13-26-47(40)56-49(43)44)52-54-50(34-17-6-2-7-18-34)53-51(55-52)35-19-8-3-9-20-35/h1-32,48H/i12D,14D,22D,24D,25D,26D. The van der Waals surface area contributed by atoms with Crippen LogP contribution in [0.3, 0.4) is 0 Å². The average molecular weight is 738 g/mol. The lowest BCUT2D eigenvalue weighted by Gasteiger charge is -2.21. The molecule has 0 fully saturated rings. The van der Waals surface area contributed by atoms with Crippen LogP contribution in [0.5, 0.6) is 0 Å². The van der Waals surface area contributed by atoms with Gasteiger partial charge in [0.25, 0.3) is 0 Å². The summed E-state index contributed by atoms with van der Waals surface area (Å²) < 4.78 is 55.5. The Morgan fingerprint density at radius 2 is 0.982 bits per heavy atom. The SMILES string of the molecule is [2H]c1cc([2H])c2sc3c(-c4cc(-c5nc(-c6ccccc6)nc(-c6ccccc6)n5)ccc4C4c5ccccc5-c5ccc(-c6ccccc6)cc54)c([2H])c([2H])c([2H])c3c2c1[2H]. The zero-order valence-corrected chi connectivity index (χ0v) is 30.7. The van der Waals surface area contributed by atoms with Gasteiger partial charge in [0.15, 0.2) is 17.5 Å². The molecule has 2 heterocycles. The predicted molar refractivity (Wildman–Crippen MR) is 233 cm³/mol. The second-order valence-electron chi connectivity index (χ2n) is 13.8. The van der Waals surface area contributed by atoms with Gasteiger partial charge in [0.05, 0.1) is 8.22 Å². The van der Waals surface area contributed by atoms with E-state index in [4.69, 9.17) is 19.1 Å². The Kier molecular flexibility index (Phi) is 6.38. The van der Waals surface area contributed by atoms with Crippen LogP contribution in [0.1, 0.15) is 30.8 Å². The minimum absolute atomic E-state index is 0.0683. The lowest BCUT2D eigenvalue weighted by Crippen LogP contribution is -2.04. The molecule has 262 valence electrons. The van der Waals surface area contributed by atoms with Gasteiger partial charge >= 0.3 is 0 Å². The van der Waals surface area contributed by atoms with Crippen molar-refractivity contribution in [3.05, 3.63) is 211 Å². The zero-order chi connectivity index (χ0) is 42.2. The molecule has 0 saturated carbocycles. The molecule has 0 radical (unpaired) electrons. The second kappa shape index (κ2) is 13.4. The minimum atomic E-state index is -0.293. The molecule has 2 aromatic heterocycles. The van der Waals surface area contributed by atoms with Crippen molar-refractivity contribution in [3.63, 3.8) is 0 Å². The first kappa shape index (κ1) is 26.7. The smallest absolute Gasteiger partial charge is 0.164 e. The molecule has 0 amide bonds. The summed E-state index contributed by atoms with van der Waals surface area (Å²) in [5.41, 5.74) is 10.9.